The van der Waals surface area contributed by atoms with Crippen molar-refractivity contribution in [3.05, 3.63) is 0 Å². The summed E-state index contributed by atoms with van der Waals surface area (Å²) in [6, 6.07) is -0.804. The molecule has 170 valence electrons. The van der Waals surface area contributed by atoms with E-state index < -0.39 is 29.1 Å². The van der Waals surface area contributed by atoms with Crippen molar-refractivity contribution in [2.75, 3.05) is 26.2 Å². The van der Waals surface area contributed by atoms with E-state index in [1.165, 1.54) is 4.90 Å². The number of aliphatic hydroxyl groups excluding tert-OH is 1. The zero-order valence-corrected chi connectivity index (χ0v) is 18.5. The van der Waals surface area contributed by atoms with Gasteiger partial charge in [0.15, 0.2) is 0 Å². The summed E-state index contributed by atoms with van der Waals surface area (Å²) in [6.45, 7) is 6.99. The number of carbonyl (C=O) groups excluding carboxylic acids is 3. The fraction of sp³-hybridized carbons (Fsp3) is 0.864. The summed E-state index contributed by atoms with van der Waals surface area (Å²) in [6.07, 6.45) is 5.61. The van der Waals surface area contributed by atoms with E-state index in [-0.39, 0.29) is 30.9 Å². The number of likely N-dealkylation sites (tertiary alicyclic amines) is 1. The third kappa shape index (κ3) is 3.51. The number of aliphatic hydroxyl groups is 1. The van der Waals surface area contributed by atoms with Crippen LogP contribution in [-0.2, 0) is 19.1 Å². The van der Waals surface area contributed by atoms with E-state index in [2.05, 4.69) is 17.6 Å². The van der Waals surface area contributed by atoms with Gasteiger partial charge in [-0.15, -0.1) is 0 Å². The molecule has 3 amide bonds. The normalized spacial score (nSPS) is 34.3. The number of nitrogens with one attached hydrogen (secondary N) is 2. The molecule has 3 rings (SSSR count). The average molecular weight is 424 g/mol. The second-order valence-corrected chi connectivity index (χ2v) is 8.88. The van der Waals surface area contributed by atoms with E-state index in [4.69, 9.17) is 4.74 Å². The molecule has 3 heterocycles. The van der Waals surface area contributed by atoms with Crippen LogP contribution < -0.4 is 10.6 Å². The lowest BCUT2D eigenvalue weighted by molar-refractivity contribution is -0.148. The summed E-state index contributed by atoms with van der Waals surface area (Å²) < 4.78 is 6.58. The lowest BCUT2D eigenvalue weighted by Gasteiger charge is -2.33. The Morgan fingerprint density at radius 2 is 1.83 bits per heavy atom. The van der Waals surface area contributed by atoms with Gasteiger partial charge in [-0.25, -0.2) is 0 Å². The average Bonchev–Trinajstić information content (AvgIpc) is 3.34. The van der Waals surface area contributed by atoms with Gasteiger partial charge >= 0.3 is 0 Å². The highest BCUT2D eigenvalue weighted by atomic mass is 16.5. The van der Waals surface area contributed by atoms with Crippen LogP contribution >= 0.6 is 0 Å². The maximum absolute atomic E-state index is 13.5. The first-order valence-corrected chi connectivity index (χ1v) is 11.6. The molecule has 3 saturated heterocycles. The van der Waals surface area contributed by atoms with Crippen LogP contribution in [-0.4, -0.2) is 71.2 Å². The Kier molecular flexibility index (Phi) is 7.07. The van der Waals surface area contributed by atoms with Crippen molar-refractivity contribution in [3.63, 3.8) is 0 Å². The van der Waals surface area contributed by atoms with Crippen LogP contribution in [0.5, 0.6) is 0 Å². The molecule has 3 N–H and O–H groups in total. The van der Waals surface area contributed by atoms with Crippen LogP contribution in [0.15, 0.2) is 0 Å². The summed E-state index contributed by atoms with van der Waals surface area (Å²) in [5.74, 6) is -1.93. The molecule has 0 aromatic rings. The maximum Gasteiger partial charge on any atom is 0.245 e. The Morgan fingerprint density at radius 1 is 1.10 bits per heavy atom. The van der Waals surface area contributed by atoms with Crippen molar-refractivity contribution >= 4 is 17.7 Å². The molecule has 30 heavy (non-hydrogen) atoms. The Balaban J connectivity index is 1.92. The molecule has 0 saturated carbocycles. The maximum atomic E-state index is 13.5. The van der Waals surface area contributed by atoms with Crippen molar-refractivity contribution in [1.29, 1.82) is 0 Å². The number of unbranched alkanes of at least 4 members (excludes halogenated alkanes) is 2. The standard InChI is InChI=1S/C22H37N3O5/c1-4-7-8-12-24-19(28)17-22-10-9-21(6-3,30-22)15(18(27)23-11-5-2)16(22)20(29)25(17)13-14-26/h15-17,26H,4-14H2,1-3H3,(H,23,27)(H,24,28)/t15-,16-,17?,21+,22?/m0/s1. The SMILES string of the molecule is CCCCCNC(=O)C1N(CCO)C(=O)[C@@H]2[C@@H](C(=O)NCCC)[C@@]3(CC)CCC12O3. The molecular formula is C22H37N3O5. The second kappa shape index (κ2) is 9.22. The van der Waals surface area contributed by atoms with Gasteiger partial charge in [-0.05, 0) is 32.1 Å². The largest absolute Gasteiger partial charge is 0.395 e. The number of rotatable bonds is 11. The molecule has 3 aliphatic heterocycles. The zero-order valence-electron chi connectivity index (χ0n) is 18.5. The van der Waals surface area contributed by atoms with Crippen LogP contribution in [0.4, 0.5) is 0 Å². The molecule has 8 heteroatoms. The predicted molar refractivity (Wildman–Crippen MR) is 111 cm³/mol. The van der Waals surface area contributed by atoms with Gasteiger partial charge in [0.25, 0.3) is 0 Å². The van der Waals surface area contributed by atoms with Crippen molar-refractivity contribution in [3.8, 4) is 0 Å². The van der Waals surface area contributed by atoms with Crippen molar-refractivity contribution in [2.24, 2.45) is 11.8 Å². The molecule has 0 aromatic carbocycles. The fourth-order valence-corrected chi connectivity index (χ4v) is 5.81. The van der Waals surface area contributed by atoms with Gasteiger partial charge in [0.05, 0.1) is 24.0 Å². The summed E-state index contributed by atoms with van der Waals surface area (Å²) in [5.41, 5.74) is -1.70. The summed E-state index contributed by atoms with van der Waals surface area (Å²) >= 11 is 0. The van der Waals surface area contributed by atoms with E-state index in [1.54, 1.807) is 0 Å². The Morgan fingerprint density at radius 3 is 2.47 bits per heavy atom. The fourth-order valence-electron chi connectivity index (χ4n) is 5.81. The number of carbonyl (C=O) groups is 3. The van der Waals surface area contributed by atoms with Gasteiger partial charge in [0.2, 0.25) is 17.7 Å². The first-order valence-electron chi connectivity index (χ1n) is 11.6. The number of nitrogens with zero attached hydrogens (tertiary/aromatic N) is 1. The molecule has 0 aliphatic carbocycles. The van der Waals surface area contributed by atoms with E-state index in [0.29, 0.717) is 32.4 Å². The van der Waals surface area contributed by atoms with Gasteiger partial charge in [0, 0.05) is 19.6 Å². The van der Waals surface area contributed by atoms with Crippen LogP contribution in [0.25, 0.3) is 0 Å². The van der Waals surface area contributed by atoms with Crippen LogP contribution in [0.2, 0.25) is 0 Å². The monoisotopic (exact) mass is 423 g/mol. The van der Waals surface area contributed by atoms with Gasteiger partial charge in [-0.2, -0.15) is 0 Å². The predicted octanol–water partition coefficient (Wildman–Crippen LogP) is 0.966. The van der Waals surface area contributed by atoms with Gasteiger partial charge in [-0.3, -0.25) is 14.4 Å². The molecule has 3 fully saturated rings. The second-order valence-electron chi connectivity index (χ2n) is 8.88. The number of amides is 3. The Hall–Kier alpha value is -1.67. The molecule has 5 atom stereocenters. The molecule has 0 aromatic heterocycles. The van der Waals surface area contributed by atoms with E-state index in [1.807, 2.05) is 13.8 Å². The molecule has 1 spiro atoms. The van der Waals surface area contributed by atoms with Gasteiger partial charge in [0.1, 0.15) is 11.6 Å². The van der Waals surface area contributed by atoms with Crippen molar-refractivity contribution < 1.29 is 24.2 Å². The Labute approximate surface area is 179 Å². The molecule has 2 unspecified atom stereocenters. The first kappa shape index (κ1) is 23.0. The minimum Gasteiger partial charge on any atom is -0.395 e. The number of fused-ring (bicyclic) bond motifs is 1. The summed E-state index contributed by atoms with van der Waals surface area (Å²) in [7, 11) is 0. The smallest absolute Gasteiger partial charge is 0.245 e. The summed E-state index contributed by atoms with van der Waals surface area (Å²) in [4.78, 5) is 41.3. The van der Waals surface area contributed by atoms with E-state index in [9.17, 15) is 19.5 Å². The molecule has 0 radical (unpaired) electrons. The van der Waals surface area contributed by atoms with Crippen molar-refractivity contribution in [2.45, 2.75) is 83.0 Å². The van der Waals surface area contributed by atoms with E-state index in [0.717, 1.165) is 25.7 Å². The summed E-state index contributed by atoms with van der Waals surface area (Å²) in [5, 5.41) is 15.5. The zero-order chi connectivity index (χ0) is 21.9. The molecule has 2 bridgehead atoms. The van der Waals surface area contributed by atoms with Crippen LogP contribution in [0.3, 0.4) is 0 Å². The first-order chi connectivity index (χ1) is 14.4. The highest BCUT2D eigenvalue weighted by molar-refractivity contribution is 5.99. The third-order valence-corrected chi connectivity index (χ3v) is 7.18. The van der Waals surface area contributed by atoms with Gasteiger partial charge < -0.3 is 25.4 Å². The quantitative estimate of drug-likeness (QED) is 0.429. The minimum atomic E-state index is -0.995. The highest BCUT2D eigenvalue weighted by Gasteiger charge is 2.78. The lowest BCUT2D eigenvalue weighted by atomic mass is 9.65. The number of β-amino-alcohol motifs (C(OH)–C–C–N with tert-alkyl or cyclic N) is 1. The molecule has 8 nitrogen and oxygen atoms in total. The van der Waals surface area contributed by atoms with Gasteiger partial charge in [-0.1, -0.05) is 33.6 Å². The third-order valence-electron chi connectivity index (χ3n) is 7.18. The number of hydrogen-bond donors (Lipinski definition) is 3. The van der Waals surface area contributed by atoms with Crippen molar-refractivity contribution in [1.82, 2.24) is 15.5 Å². The minimum absolute atomic E-state index is 0.0654. The molecular weight excluding hydrogens is 386 g/mol. The van der Waals surface area contributed by atoms with E-state index >= 15 is 0 Å². The lowest BCUT2D eigenvalue weighted by Crippen LogP contribution is -2.55. The topological polar surface area (TPSA) is 108 Å². The molecule has 3 aliphatic rings. The highest BCUT2D eigenvalue weighted by Crippen LogP contribution is 2.64. The van der Waals surface area contributed by atoms with Crippen LogP contribution in [0, 0.1) is 11.8 Å². The number of hydrogen-bond acceptors (Lipinski definition) is 5. The Bertz CT molecular complexity index is 671. The number of ether oxygens (including phenoxy) is 1. The van der Waals surface area contributed by atoms with Crippen LogP contribution in [0.1, 0.15) is 65.7 Å².